The highest BCUT2D eigenvalue weighted by atomic mass is 16.6. The second-order valence-electron chi connectivity index (χ2n) is 3.81. The van der Waals surface area contributed by atoms with Gasteiger partial charge in [-0.05, 0) is 4.92 Å². The van der Waals surface area contributed by atoms with Gasteiger partial charge in [-0.15, -0.1) is 5.10 Å². The molecule has 1 unspecified atom stereocenters. The highest BCUT2D eigenvalue weighted by Crippen LogP contribution is 2.14. The Morgan fingerprint density at radius 1 is 1.56 bits per heavy atom. The number of hydrogen-bond donors (Lipinski definition) is 1. The molecule has 96 valence electrons. The number of hydrogen-bond acceptors (Lipinski definition) is 6. The lowest BCUT2D eigenvalue weighted by Gasteiger charge is -2.09. The van der Waals surface area contributed by atoms with E-state index in [2.05, 4.69) is 15.3 Å². The summed E-state index contributed by atoms with van der Waals surface area (Å²) in [5, 5.41) is 28.0. The Hall–Kier alpha value is -2.29. The molecule has 0 aromatic carbocycles. The lowest BCUT2D eigenvalue weighted by Crippen LogP contribution is -2.23. The van der Waals surface area contributed by atoms with Gasteiger partial charge >= 0.3 is 5.82 Å². The molecule has 0 amide bonds. The van der Waals surface area contributed by atoms with Crippen molar-refractivity contribution in [1.29, 1.82) is 0 Å². The summed E-state index contributed by atoms with van der Waals surface area (Å²) in [6.45, 7) is 1.95. The maximum Gasteiger partial charge on any atom is 0.342 e. The van der Waals surface area contributed by atoms with Crippen LogP contribution < -0.4 is 0 Å². The Morgan fingerprint density at radius 2 is 2.33 bits per heavy atom. The van der Waals surface area contributed by atoms with E-state index < -0.39 is 11.0 Å². The summed E-state index contributed by atoms with van der Waals surface area (Å²) in [6, 6.07) is 0. The normalized spacial score (nSPS) is 12.6. The van der Waals surface area contributed by atoms with Gasteiger partial charge in [0.25, 0.3) is 0 Å². The summed E-state index contributed by atoms with van der Waals surface area (Å²) >= 11 is 0. The molecule has 0 saturated carbocycles. The Balaban J connectivity index is 2.09. The molecule has 0 aliphatic heterocycles. The minimum absolute atomic E-state index is 0.0853. The second-order valence-corrected chi connectivity index (χ2v) is 3.81. The predicted molar refractivity (Wildman–Crippen MR) is 59.6 cm³/mol. The molecule has 2 aromatic rings. The van der Waals surface area contributed by atoms with E-state index in [-0.39, 0.29) is 18.9 Å². The summed E-state index contributed by atoms with van der Waals surface area (Å²) in [6.07, 6.45) is 3.48. The van der Waals surface area contributed by atoms with E-state index in [1.165, 1.54) is 21.6 Å². The zero-order chi connectivity index (χ0) is 13.1. The molecule has 0 bridgehead atoms. The number of nitro groups is 1. The van der Waals surface area contributed by atoms with Crippen LogP contribution in [0.3, 0.4) is 0 Å². The molecule has 0 aliphatic rings. The third kappa shape index (κ3) is 2.51. The molecule has 18 heavy (non-hydrogen) atoms. The Labute approximate surface area is 102 Å². The van der Waals surface area contributed by atoms with Crippen LogP contribution in [0.2, 0.25) is 0 Å². The number of aliphatic hydroxyl groups excluding tert-OH is 1. The number of nitrogens with zero attached hydrogens (tertiary/aromatic N) is 6. The third-order valence-electron chi connectivity index (χ3n) is 2.48. The number of aryl methyl sites for hydroxylation is 1. The van der Waals surface area contributed by atoms with Gasteiger partial charge in [-0.2, -0.15) is 0 Å². The number of aromatic nitrogens is 5. The second kappa shape index (κ2) is 4.92. The first-order valence-corrected chi connectivity index (χ1v) is 5.26. The van der Waals surface area contributed by atoms with Crippen molar-refractivity contribution in [2.75, 3.05) is 0 Å². The summed E-state index contributed by atoms with van der Waals surface area (Å²) in [5.74, 6) is 0.351. The molecule has 9 nitrogen and oxygen atoms in total. The van der Waals surface area contributed by atoms with E-state index in [1.54, 1.807) is 13.1 Å². The highest BCUT2D eigenvalue weighted by molar-refractivity contribution is 5.18. The van der Waals surface area contributed by atoms with Crippen LogP contribution in [0.15, 0.2) is 18.6 Å². The van der Waals surface area contributed by atoms with Gasteiger partial charge in [-0.3, -0.25) is 0 Å². The van der Waals surface area contributed by atoms with Gasteiger partial charge in [0.1, 0.15) is 18.8 Å². The van der Waals surface area contributed by atoms with Crippen molar-refractivity contribution >= 4 is 5.82 Å². The van der Waals surface area contributed by atoms with Crippen LogP contribution in [0.25, 0.3) is 0 Å². The van der Waals surface area contributed by atoms with Gasteiger partial charge in [-0.25, -0.2) is 14.2 Å². The van der Waals surface area contributed by atoms with Crippen LogP contribution in [0.4, 0.5) is 5.82 Å². The Bertz CT molecular complexity index is 535. The smallest absolute Gasteiger partial charge is 0.342 e. The molecule has 1 N–H and O–H groups in total. The maximum absolute atomic E-state index is 10.8. The fraction of sp³-hybridized carbons (Fsp3) is 0.444. The number of aliphatic hydroxyl groups is 1. The third-order valence-corrected chi connectivity index (χ3v) is 2.48. The number of imidazole rings is 1. The standard InChI is InChI=1S/C9H12N6O3/c1-7-10-4-9(15(17)18)14(7)6-8(16)5-13-3-2-11-12-13/h2-4,8,16H,5-6H2,1H3. The van der Waals surface area contributed by atoms with E-state index >= 15 is 0 Å². The first-order valence-electron chi connectivity index (χ1n) is 5.26. The average Bonchev–Trinajstić information content (AvgIpc) is 2.90. The summed E-state index contributed by atoms with van der Waals surface area (Å²) in [5.41, 5.74) is 0. The zero-order valence-electron chi connectivity index (χ0n) is 9.67. The molecule has 0 radical (unpaired) electrons. The van der Waals surface area contributed by atoms with Crippen LogP contribution in [0.5, 0.6) is 0 Å². The molecule has 0 aliphatic carbocycles. The van der Waals surface area contributed by atoms with Crippen molar-refractivity contribution in [1.82, 2.24) is 24.5 Å². The maximum atomic E-state index is 10.8. The molecule has 0 saturated heterocycles. The lowest BCUT2D eigenvalue weighted by atomic mass is 10.3. The van der Waals surface area contributed by atoms with Gasteiger partial charge in [0.15, 0.2) is 5.82 Å². The Kier molecular flexibility index (Phi) is 3.33. The molecular formula is C9H12N6O3. The van der Waals surface area contributed by atoms with Crippen LogP contribution >= 0.6 is 0 Å². The van der Waals surface area contributed by atoms with E-state index in [4.69, 9.17) is 0 Å². The van der Waals surface area contributed by atoms with Gasteiger partial charge in [0.05, 0.1) is 12.7 Å². The monoisotopic (exact) mass is 252 g/mol. The zero-order valence-corrected chi connectivity index (χ0v) is 9.67. The molecule has 2 heterocycles. The molecule has 0 fully saturated rings. The van der Waals surface area contributed by atoms with Gasteiger partial charge < -0.3 is 15.2 Å². The SMILES string of the molecule is Cc1ncc([N+](=O)[O-])n1CC(O)Cn1ccnn1. The Morgan fingerprint density at radius 3 is 2.94 bits per heavy atom. The average molecular weight is 252 g/mol. The van der Waals surface area contributed by atoms with E-state index in [0.29, 0.717) is 5.82 Å². The highest BCUT2D eigenvalue weighted by Gasteiger charge is 2.20. The van der Waals surface area contributed by atoms with Crippen molar-refractivity contribution in [2.45, 2.75) is 26.1 Å². The van der Waals surface area contributed by atoms with Crippen molar-refractivity contribution in [3.05, 3.63) is 34.5 Å². The molecular weight excluding hydrogens is 240 g/mol. The van der Waals surface area contributed by atoms with Crippen LogP contribution in [0.1, 0.15) is 5.82 Å². The molecule has 2 aromatic heterocycles. The van der Waals surface area contributed by atoms with Crippen molar-refractivity contribution < 1.29 is 10.0 Å². The van der Waals surface area contributed by atoms with Crippen LogP contribution in [-0.2, 0) is 13.1 Å². The summed E-state index contributed by atoms with van der Waals surface area (Å²) in [4.78, 5) is 14.1. The first kappa shape index (κ1) is 12.2. The van der Waals surface area contributed by atoms with E-state index in [9.17, 15) is 15.2 Å². The molecule has 0 spiro atoms. The molecule has 1 atom stereocenters. The topological polar surface area (TPSA) is 112 Å². The van der Waals surface area contributed by atoms with Crippen molar-refractivity contribution in [3.8, 4) is 0 Å². The predicted octanol–water partition coefficient (Wildman–Crippen LogP) is -0.248. The van der Waals surface area contributed by atoms with Gasteiger partial charge in [-0.1, -0.05) is 5.21 Å². The minimum Gasteiger partial charge on any atom is -0.387 e. The fourth-order valence-electron chi connectivity index (χ4n) is 1.64. The number of rotatable bonds is 5. The van der Waals surface area contributed by atoms with Crippen molar-refractivity contribution in [2.24, 2.45) is 0 Å². The minimum atomic E-state index is -0.807. The summed E-state index contributed by atoms with van der Waals surface area (Å²) in [7, 11) is 0. The van der Waals surface area contributed by atoms with Gasteiger partial charge in [0, 0.05) is 13.1 Å². The summed E-state index contributed by atoms with van der Waals surface area (Å²) < 4.78 is 2.82. The molecule has 2 rings (SSSR count). The van der Waals surface area contributed by atoms with E-state index in [0.717, 1.165) is 0 Å². The van der Waals surface area contributed by atoms with Crippen molar-refractivity contribution in [3.63, 3.8) is 0 Å². The van der Waals surface area contributed by atoms with Crippen LogP contribution in [0, 0.1) is 17.0 Å². The quantitative estimate of drug-likeness (QED) is 0.580. The van der Waals surface area contributed by atoms with Crippen LogP contribution in [-0.4, -0.2) is 40.7 Å². The van der Waals surface area contributed by atoms with E-state index in [1.807, 2.05) is 0 Å². The molecule has 9 heteroatoms. The van der Waals surface area contributed by atoms with Gasteiger partial charge in [0.2, 0.25) is 0 Å². The first-order chi connectivity index (χ1) is 8.58. The lowest BCUT2D eigenvalue weighted by molar-refractivity contribution is -0.392. The largest absolute Gasteiger partial charge is 0.387 e. The fourth-order valence-corrected chi connectivity index (χ4v) is 1.64.